The fourth-order valence-electron chi connectivity index (χ4n) is 2.54. The maximum atomic E-state index is 12.9. The third-order valence-electron chi connectivity index (χ3n) is 3.93. The maximum absolute atomic E-state index is 12.9. The van der Waals surface area contributed by atoms with Crippen LogP contribution >= 0.6 is 15.9 Å². The Morgan fingerprint density at radius 3 is 2.63 bits per heavy atom. The molecule has 0 saturated heterocycles. The number of carbonyl (C=O) groups is 1. The first-order valence-corrected chi connectivity index (χ1v) is 9.01. The van der Waals surface area contributed by atoms with Gasteiger partial charge in [-0.05, 0) is 29.8 Å². The Kier molecular flexibility index (Phi) is 5.68. The van der Waals surface area contributed by atoms with Gasteiger partial charge in [-0.2, -0.15) is 15.3 Å². The Bertz CT molecular complexity index is 947. The minimum absolute atomic E-state index is 0.175. The topological polar surface area (TPSA) is 82.6 Å². The summed E-state index contributed by atoms with van der Waals surface area (Å²) in [4.78, 5) is 12.2. The number of alkyl halides is 2. The molecular weight excluding hydrogens is 424 g/mol. The Labute approximate surface area is 162 Å². The number of amides is 1. The van der Waals surface area contributed by atoms with Gasteiger partial charge < -0.3 is 5.32 Å². The normalized spacial score (nSPS) is 11.3. The maximum Gasteiger partial charge on any atom is 0.283 e. The second-order valence-corrected chi connectivity index (χ2v) is 6.72. The molecule has 11 heteroatoms. The number of hydrogen-bond acceptors (Lipinski definition) is 4. The lowest BCUT2D eigenvalue weighted by molar-refractivity contribution is -0.117. The number of hydrogen-bond donors (Lipinski definition) is 1. The average Bonchev–Trinajstić information content (AvgIpc) is 3.32. The summed E-state index contributed by atoms with van der Waals surface area (Å²) in [5.74, 6) is -0.382. The molecule has 3 aromatic rings. The van der Waals surface area contributed by atoms with Crippen molar-refractivity contribution >= 4 is 27.5 Å². The number of rotatable bonds is 7. The Hall–Kier alpha value is -2.56. The zero-order chi connectivity index (χ0) is 19.6. The van der Waals surface area contributed by atoms with E-state index in [-0.39, 0.29) is 22.6 Å². The molecule has 0 bridgehead atoms. The molecule has 1 N–H and O–H groups in total. The lowest BCUT2D eigenvalue weighted by Crippen LogP contribution is -2.20. The van der Waals surface area contributed by atoms with Gasteiger partial charge in [-0.3, -0.25) is 18.8 Å². The number of aromatic nitrogens is 6. The lowest BCUT2D eigenvalue weighted by atomic mass is 10.3. The Morgan fingerprint density at radius 1 is 1.26 bits per heavy atom. The average molecular weight is 442 g/mol. The third-order valence-corrected chi connectivity index (χ3v) is 4.91. The van der Waals surface area contributed by atoms with Crippen molar-refractivity contribution in [3.63, 3.8) is 0 Å². The van der Waals surface area contributed by atoms with Crippen LogP contribution in [0, 0.1) is 6.92 Å². The molecule has 0 aromatic carbocycles. The van der Waals surface area contributed by atoms with Crippen molar-refractivity contribution in [2.45, 2.75) is 39.9 Å². The zero-order valence-electron chi connectivity index (χ0n) is 14.7. The summed E-state index contributed by atoms with van der Waals surface area (Å²) in [6, 6.07) is 0. The van der Waals surface area contributed by atoms with Gasteiger partial charge in [0.15, 0.2) is 0 Å². The molecule has 0 aliphatic heterocycles. The molecule has 0 atom stereocenters. The number of anilines is 1. The largest absolute Gasteiger partial charge is 0.322 e. The monoisotopic (exact) mass is 441 g/mol. The highest BCUT2D eigenvalue weighted by Crippen LogP contribution is 2.28. The van der Waals surface area contributed by atoms with Crippen LogP contribution in [0.15, 0.2) is 29.3 Å². The molecule has 3 rings (SSSR count). The molecule has 0 aliphatic rings. The van der Waals surface area contributed by atoms with Crippen LogP contribution in [0.25, 0.3) is 0 Å². The summed E-state index contributed by atoms with van der Waals surface area (Å²) >= 11 is 3.08. The molecule has 3 heterocycles. The molecule has 1 amide bonds. The van der Waals surface area contributed by atoms with Crippen LogP contribution in [0.1, 0.15) is 30.3 Å². The highest BCUT2D eigenvalue weighted by atomic mass is 79.9. The van der Waals surface area contributed by atoms with E-state index in [1.807, 2.05) is 17.8 Å². The molecule has 27 heavy (non-hydrogen) atoms. The van der Waals surface area contributed by atoms with Gasteiger partial charge in [-0.25, -0.2) is 8.78 Å². The van der Waals surface area contributed by atoms with Crippen LogP contribution in [-0.4, -0.2) is 35.2 Å². The standard InChI is InChI=1S/C16H18BrF2N7O/c1-3-24-6-11(4-20-24)7-25-8-12(5-21-25)22-13(27)9-26-10(2)14(17)15(23-26)16(18)19/h4-6,8,16H,3,7,9H2,1-2H3,(H,22,27). The van der Waals surface area contributed by atoms with Crippen LogP contribution in [0.4, 0.5) is 14.5 Å². The molecule has 3 aromatic heterocycles. The van der Waals surface area contributed by atoms with Crippen LogP contribution < -0.4 is 5.32 Å². The lowest BCUT2D eigenvalue weighted by Gasteiger charge is -2.05. The van der Waals surface area contributed by atoms with Crippen molar-refractivity contribution in [1.82, 2.24) is 29.3 Å². The number of halogens is 3. The van der Waals surface area contributed by atoms with Crippen LogP contribution in [0.3, 0.4) is 0 Å². The van der Waals surface area contributed by atoms with Crippen molar-refractivity contribution < 1.29 is 13.6 Å². The van der Waals surface area contributed by atoms with Crippen LogP contribution in [0.5, 0.6) is 0 Å². The fourth-order valence-corrected chi connectivity index (χ4v) is 3.00. The third kappa shape index (κ3) is 4.41. The first kappa shape index (κ1) is 19.2. The van der Waals surface area contributed by atoms with Crippen molar-refractivity contribution in [2.75, 3.05) is 5.32 Å². The van der Waals surface area contributed by atoms with E-state index in [0.717, 1.165) is 12.1 Å². The minimum Gasteiger partial charge on any atom is -0.322 e. The van der Waals surface area contributed by atoms with E-state index >= 15 is 0 Å². The summed E-state index contributed by atoms with van der Waals surface area (Å²) in [7, 11) is 0. The van der Waals surface area contributed by atoms with Crippen molar-refractivity contribution in [1.29, 1.82) is 0 Å². The zero-order valence-corrected chi connectivity index (χ0v) is 16.3. The summed E-state index contributed by atoms with van der Waals surface area (Å²) in [5, 5.41) is 14.9. The molecule has 0 fully saturated rings. The highest BCUT2D eigenvalue weighted by molar-refractivity contribution is 9.10. The summed E-state index contributed by atoms with van der Waals surface area (Å²) < 4.78 is 30.7. The van der Waals surface area contributed by atoms with Gasteiger partial charge in [-0.1, -0.05) is 0 Å². The van der Waals surface area contributed by atoms with Crippen LogP contribution in [0.2, 0.25) is 0 Å². The summed E-state index contributed by atoms with van der Waals surface area (Å²) in [5.41, 5.74) is 1.60. The minimum atomic E-state index is -2.71. The predicted molar refractivity (Wildman–Crippen MR) is 97.5 cm³/mol. The number of aryl methyl sites for hydroxylation is 1. The quantitative estimate of drug-likeness (QED) is 0.610. The Morgan fingerprint density at radius 2 is 2.00 bits per heavy atom. The summed E-state index contributed by atoms with van der Waals surface area (Å²) in [6.45, 7) is 4.76. The summed E-state index contributed by atoms with van der Waals surface area (Å²) in [6.07, 6.45) is 4.20. The van der Waals surface area contributed by atoms with Gasteiger partial charge in [0.2, 0.25) is 5.91 Å². The molecule has 0 saturated carbocycles. The van der Waals surface area contributed by atoms with E-state index in [1.54, 1.807) is 24.0 Å². The fraction of sp³-hybridized carbons (Fsp3) is 0.375. The molecular formula is C16H18BrF2N7O. The predicted octanol–water partition coefficient (Wildman–Crippen LogP) is 2.99. The van der Waals surface area contributed by atoms with E-state index in [1.165, 1.54) is 10.9 Å². The molecule has 8 nitrogen and oxygen atoms in total. The van der Waals surface area contributed by atoms with E-state index in [9.17, 15) is 13.6 Å². The van der Waals surface area contributed by atoms with E-state index in [4.69, 9.17) is 0 Å². The van der Waals surface area contributed by atoms with Crippen LogP contribution in [-0.2, 0) is 24.4 Å². The first-order valence-electron chi connectivity index (χ1n) is 8.22. The molecule has 0 radical (unpaired) electrons. The molecule has 144 valence electrons. The second-order valence-electron chi connectivity index (χ2n) is 5.92. The second kappa shape index (κ2) is 7.99. The molecule has 0 spiro atoms. The number of carbonyl (C=O) groups excluding carboxylic acids is 1. The van der Waals surface area contributed by atoms with Gasteiger partial charge >= 0.3 is 0 Å². The van der Waals surface area contributed by atoms with E-state index < -0.39 is 6.43 Å². The number of nitrogens with one attached hydrogen (secondary N) is 1. The van der Waals surface area contributed by atoms with E-state index in [2.05, 4.69) is 36.5 Å². The van der Waals surface area contributed by atoms with Crippen molar-refractivity contribution in [3.05, 3.63) is 46.2 Å². The van der Waals surface area contributed by atoms with Crippen molar-refractivity contribution in [3.8, 4) is 0 Å². The number of nitrogens with zero attached hydrogens (tertiary/aromatic N) is 6. The highest BCUT2D eigenvalue weighted by Gasteiger charge is 2.21. The van der Waals surface area contributed by atoms with Gasteiger partial charge in [-0.15, -0.1) is 0 Å². The van der Waals surface area contributed by atoms with Gasteiger partial charge in [0.25, 0.3) is 6.43 Å². The van der Waals surface area contributed by atoms with Gasteiger partial charge in [0.05, 0.1) is 34.8 Å². The Balaban J connectivity index is 1.62. The first-order chi connectivity index (χ1) is 12.9. The van der Waals surface area contributed by atoms with E-state index in [0.29, 0.717) is 17.9 Å². The van der Waals surface area contributed by atoms with Gasteiger partial charge in [0, 0.05) is 24.5 Å². The molecule has 0 unspecified atom stereocenters. The SMILES string of the molecule is CCn1cc(Cn2cc(NC(=O)Cn3nc(C(F)F)c(Br)c3C)cn2)cn1. The van der Waals surface area contributed by atoms with Gasteiger partial charge in [0.1, 0.15) is 12.2 Å². The smallest absolute Gasteiger partial charge is 0.283 e. The van der Waals surface area contributed by atoms with Crippen molar-refractivity contribution in [2.24, 2.45) is 0 Å². The molecule has 0 aliphatic carbocycles.